The predicted molar refractivity (Wildman–Crippen MR) is 147 cm³/mol. The number of amides is 1. The van der Waals surface area contributed by atoms with Crippen molar-refractivity contribution in [1.29, 1.82) is 0 Å². The number of hydrogen-bond donors (Lipinski definition) is 1. The number of benzene rings is 3. The quantitative estimate of drug-likeness (QED) is 0.179. The molecule has 0 aliphatic carbocycles. The molecule has 1 unspecified atom stereocenters. The molecular weight excluding hydrogens is 498 g/mol. The van der Waals surface area contributed by atoms with E-state index in [2.05, 4.69) is 13.8 Å². The summed E-state index contributed by atoms with van der Waals surface area (Å²) in [4.78, 5) is 40.4. The zero-order chi connectivity index (χ0) is 28.3. The Balaban J connectivity index is 1.86. The summed E-state index contributed by atoms with van der Waals surface area (Å²) in [6.07, 6.45) is 0. The van der Waals surface area contributed by atoms with E-state index in [4.69, 9.17) is 14.2 Å². The SMILES string of the molecule is COC(=O)c1cccc(N2C(=O)C(=O)/C(=C(/O)c3ccc(OCC(C)C)c(C)c3)C2c2ccc(OC)cc2)c1. The molecule has 8 heteroatoms. The number of aliphatic hydroxyl groups excluding tert-OH is 1. The van der Waals surface area contributed by atoms with Gasteiger partial charge in [-0.05, 0) is 72.5 Å². The zero-order valence-corrected chi connectivity index (χ0v) is 22.6. The number of nitrogens with zero attached hydrogens (tertiary/aromatic N) is 1. The maximum atomic E-state index is 13.5. The lowest BCUT2D eigenvalue weighted by Gasteiger charge is -2.26. The second-order valence-electron chi connectivity index (χ2n) is 9.67. The van der Waals surface area contributed by atoms with Crippen molar-refractivity contribution in [3.05, 3.63) is 94.6 Å². The van der Waals surface area contributed by atoms with Crippen molar-refractivity contribution in [3.63, 3.8) is 0 Å². The van der Waals surface area contributed by atoms with Crippen molar-refractivity contribution in [2.24, 2.45) is 5.92 Å². The first-order valence-electron chi connectivity index (χ1n) is 12.5. The minimum absolute atomic E-state index is 0.0658. The molecule has 1 heterocycles. The van der Waals surface area contributed by atoms with Gasteiger partial charge in [-0.1, -0.05) is 32.0 Å². The van der Waals surface area contributed by atoms with Gasteiger partial charge in [0.2, 0.25) is 0 Å². The van der Waals surface area contributed by atoms with Crippen LogP contribution in [0, 0.1) is 12.8 Å². The zero-order valence-electron chi connectivity index (χ0n) is 22.6. The number of aryl methyl sites for hydroxylation is 1. The largest absolute Gasteiger partial charge is 0.507 e. The number of hydrogen-bond acceptors (Lipinski definition) is 7. The standard InChI is InChI=1S/C31H31NO7/c1-18(2)17-39-25-14-11-21(15-19(25)3)28(33)26-27(20-9-12-24(37-4)13-10-20)32(30(35)29(26)34)23-8-6-7-22(16-23)31(36)38-5/h6-16,18,27,33H,17H2,1-5H3/b28-26+. The second kappa shape index (κ2) is 11.4. The Bertz CT molecular complexity index is 1440. The van der Waals surface area contributed by atoms with Crippen LogP contribution in [0.4, 0.5) is 5.69 Å². The van der Waals surface area contributed by atoms with Crippen LogP contribution in [0.15, 0.2) is 72.3 Å². The van der Waals surface area contributed by atoms with Crippen LogP contribution in [0.3, 0.4) is 0 Å². The monoisotopic (exact) mass is 529 g/mol. The van der Waals surface area contributed by atoms with Crippen LogP contribution in [-0.2, 0) is 14.3 Å². The highest BCUT2D eigenvalue weighted by atomic mass is 16.5. The average Bonchev–Trinajstić information content (AvgIpc) is 3.21. The third-order valence-corrected chi connectivity index (χ3v) is 6.44. The van der Waals surface area contributed by atoms with Crippen LogP contribution in [0.25, 0.3) is 5.76 Å². The van der Waals surface area contributed by atoms with Crippen molar-refractivity contribution in [3.8, 4) is 11.5 Å². The Labute approximate surface area is 227 Å². The highest BCUT2D eigenvalue weighted by Gasteiger charge is 2.47. The lowest BCUT2D eigenvalue weighted by atomic mass is 9.94. The first kappa shape index (κ1) is 27.4. The van der Waals surface area contributed by atoms with E-state index in [9.17, 15) is 19.5 Å². The van der Waals surface area contributed by atoms with Crippen LogP contribution in [0.2, 0.25) is 0 Å². The summed E-state index contributed by atoms with van der Waals surface area (Å²) >= 11 is 0. The molecule has 1 atom stereocenters. The van der Waals surface area contributed by atoms with Crippen LogP contribution >= 0.6 is 0 Å². The topological polar surface area (TPSA) is 102 Å². The van der Waals surface area contributed by atoms with E-state index < -0.39 is 23.7 Å². The molecule has 39 heavy (non-hydrogen) atoms. The summed E-state index contributed by atoms with van der Waals surface area (Å²) in [5.41, 5.74) is 2.20. The summed E-state index contributed by atoms with van der Waals surface area (Å²) in [5.74, 6) is -0.940. The van der Waals surface area contributed by atoms with Gasteiger partial charge in [0, 0.05) is 11.3 Å². The number of rotatable bonds is 8. The fraction of sp³-hybridized carbons (Fsp3) is 0.258. The minimum atomic E-state index is -0.957. The van der Waals surface area contributed by atoms with Crippen molar-refractivity contribution in [1.82, 2.24) is 0 Å². The molecule has 1 fully saturated rings. The Morgan fingerprint density at radius 2 is 1.69 bits per heavy atom. The van der Waals surface area contributed by atoms with Crippen molar-refractivity contribution in [2.45, 2.75) is 26.8 Å². The van der Waals surface area contributed by atoms with E-state index in [-0.39, 0.29) is 16.9 Å². The number of carbonyl (C=O) groups excluding carboxylic acids is 3. The van der Waals surface area contributed by atoms with Gasteiger partial charge in [-0.25, -0.2) is 4.79 Å². The Kier molecular flexibility index (Phi) is 8.04. The molecule has 1 N–H and O–H groups in total. The van der Waals surface area contributed by atoms with Crippen molar-refractivity contribution in [2.75, 3.05) is 25.7 Å². The number of Topliss-reactive ketones (excluding diaryl/α,β-unsaturated/α-hetero) is 1. The van der Waals surface area contributed by atoms with Crippen LogP contribution in [-0.4, -0.2) is 43.6 Å². The first-order chi connectivity index (χ1) is 18.7. The molecule has 0 spiro atoms. The fourth-order valence-electron chi connectivity index (χ4n) is 4.47. The van der Waals surface area contributed by atoms with Crippen LogP contribution in [0.1, 0.15) is 46.9 Å². The van der Waals surface area contributed by atoms with E-state index in [0.29, 0.717) is 40.8 Å². The van der Waals surface area contributed by atoms with Gasteiger partial charge in [0.1, 0.15) is 17.3 Å². The Morgan fingerprint density at radius 3 is 2.31 bits per heavy atom. The average molecular weight is 530 g/mol. The number of anilines is 1. The van der Waals surface area contributed by atoms with Gasteiger partial charge in [-0.3, -0.25) is 14.5 Å². The van der Waals surface area contributed by atoms with Crippen LogP contribution < -0.4 is 14.4 Å². The molecule has 1 saturated heterocycles. The molecule has 3 aromatic carbocycles. The first-order valence-corrected chi connectivity index (χ1v) is 12.5. The molecule has 4 rings (SSSR count). The normalized spacial score (nSPS) is 16.5. The smallest absolute Gasteiger partial charge is 0.337 e. The minimum Gasteiger partial charge on any atom is -0.507 e. The lowest BCUT2D eigenvalue weighted by molar-refractivity contribution is -0.132. The van der Waals surface area contributed by atoms with E-state index in [0.717, 1.165) is 5.56 Å². The molecule has 0 bridgehead atoms. The number of esters is 1. The summed E-state index contributed by atoms with van der Waals surface area (Å²) in [5, 5.41) is 11.5. The highest BCUT2D eigenvalue weighted by molar-refractivity contribution is 6.51. The van der Waals surface area contributed by atoms with Crippen LogP contribution in [0.5, 0.6) is 11.5 Å². The van der Waals surface area contributed by atoms with Gasteiger partial charge < -0.3 is 19.3 Å². The summed E-state index contributed by atoms with van der Waals surface area (Å²) in [7, 11) is 2.80. The third-order valence-electron chi connectivity index (χ3n) is 6.44. The molecular formula is C31H31NO7. The van der Waals surface area contributed by atoms with Gasteiger partial charge >= 0.3 is 5.97 Å². The summed E-state index contributed by atoms with van der Waals surface area (Å²) < 4.78 is 15.9. The number of ether oxygens (including phenoxy) is 3. The molecule has 1 aliphatic rings. The number of ketones is 1. The molecule has 8 nitrogen and oxygen atoms in total. The molecule has 0 radical (unpaired) electrons. The van der Waals surface area contributed by atoms with Gasteiger partial charge in [0.05, 0.1) is 38.0 Å². The van der Waals surface area contributed by atoms with E-state index in [1.807, 2.05) is 6.92 Å². The molecule has 0 saturated carbocycles. The van der Waals surface area contributed by atoms with Gasteiger partial charge in [0.25, 0.3) is 11.7 Å². The van der Waals surface area contributed by atoms with Gasteiger partial charge in [0.15, 0.2) is 0 Å². The van der Waals surface area contributed by atoms with Crippen molar-refractivity contribution < 1.29 is 33.7 Å². The Hall–Kier alpha value is -4.59. The highest BCUT2D eigenvalue weighted by Crippen LogP contribution is 2.43. The maximum Gasteiger partial charge on any atom is 0.337 e. The number of carbonyl (C=O) groups is 3. The van der Waals surface area contributed by atoms with E-state index >= 15 is 0 Å². The summed E-state index contributed by atoms with van der Waals surface area (Å²) in [6, 6.07) is 17.3. The molecule has 202 valence electrons. The van der Waals surface area contributed by atoms with E-state index in [1.54, 1.807) is 60.7 Å². The second-order valence-corrected chi connectivity index (χ2v) is 9.67. The number of aliphatic hydroxyl groups is 1. The Morgan fingerprint density at radius 1 is 0.974 bits per heavy atom. The molecule has 3 aromatic rings. The molecule has 1 amide bonds. The molecule has 0 aromatic heterocycles. The third kappa shape index (κ3) is 5.50. The van der Waals surface area contributed by atoms with Gasteiger partial charge in [-0.2, -0.15) is 0 Å². The summed E-state index contributed by atoms with van der Waals surface area (Å²) in [6.45, 7) is 6.49. The van der Waals surface area contributed by atoms with E-state index in [1.165, 1.54) is 25.2 Å². The molecule has 1 aliphatic heterocycles. The maximum absolute atomic E-state index is 13.5. The lowest BCUT2D eigenvalue weighted by Crippen LogP contribution is -2.29. The van der Waals surface area contributed by atoms with Gasteiger partial charge in [-0.15, -0.1) is 0 Å². The fourth-order valence-corrected chi connectivity index (χ4v) is 4.47. The number of methoxy groups -OCH3 is 2. The van der Waals surface area contributed by atoms with Crippen molar-refractivity contribution >= 4 is 29.1 Å². The predicted octanol–water partition coefficient (Wildman–Crippen LogP) is 5.45.